The highest BCUT2D eigenvalue weighted by Crippen LogP contribution is 2.21. The minimum Gasteiger partial charge on any atom is -0.320 e. The third-order valence-electron chi connectivity index (χ3n) is 3.16. The van der Waals surface area contributed by atoms with Crippen LogP contribution in [-0.4, -0.2) is 15.7 Å². The second-order valence-electron chi connectivity index (χ2n) is 4.36. The molecule has 1 aromatic heterocycles. The second-order valence-corrected chi connectivity index (χ2v) is 4.77. The van der Waals surface area contributed by atoms with Gasteiger partial charge in [-0.25, -0.2) is 0 Å². The first-order valence-electron chi connectivity index (χ1n) is 6.13. The highest BCUT2D eigenvalue weighted by molar-refractivity contribution is 6.34. The second kappa shape index (κ2) is 5.45. The molecule has 1 N–H and O–H groups in total. The van der Waals surface area contributed by atoms with Crippen LogP contribution in [0.25, 0.3) is 0 Å². The molecule has 100 valence electrons. The predicted octanol–water partition coefficient (Wildman–Crippen LogP) is 3.43. The molecule has 1 heterocycles. The Balaban J connectivity index is 2.31. The van der Waals surface area contributed by atoms with E-state index in [4.69, 9.17) is 11.6 Å². The summed E-state index contributed by atoms with van der Waals surface area (Å²) in [4.78, 5) is 12.3. The molecule has 1 amide bonds. The molecule has 0 spiro atoms. The first-order valence-corrected chi connectivity index (χ1v) is 6.51. The van der Waals surface area contributed by atoms with Crippen LogP contribution in [-0.2, 0) is 6.54 Å². The molecule has 0 aliphatic carbocycles. The average molecular weight is 278 g/mol. The third-order valence-corrected chi connectivity index (χ3v) is 3.44. The monoisotopic (exact) mass is 277 g/mol. The lowest BCUT2D eigenvalue weighted by Gasteiger charge is -2.11. The molecule has 1 aromatic carbocycles. The van der Waals surface area contributed by atoms with Crippen LogP contribution in [0.15, 0.2) is 24.4 Å². The van der Waals surface area contributed by atoms with Crippen molar-refractivity contribution in [1.82, 2.24) is 9.78 Å². The number of carbonyl (C=O) groups is 1. The van der Waals surface area contributed by atoms with Crippen molar-refractivity contribution in [2.45, 2.75) is 27.3 Å². The third kappa shape index (κ3) is 2.63. The minimum absolute atomic E-state index is 0.238. The zero-order valence-corrected chi connectivity index (χ0v) is 12.0. The van der Waals surface area contributed by atoms with E-state index in [1.807, 2.05) is 39.0 Å². The van der Waals surface area contributed by atoms with Crippen LogP contribution in [0.1, 0.15) is 28.5 Å². The predicted molar refractivity (Wildman–Crippen MR) is 76.8 cm³/mol. The van der Waals surface area contributed by atoms with Crippen molar-refractivity contribution in [1.29, 1.82) is 0 Å². The van der Waals surface area contributed by atoms with Gasteiger partial charge in [-0.2, -0.15) is 5.10 Å². The van der Waals surface area contributed by atoms with E-state index in [9.17, 15) is 4.79 Å². The van der Waals surface area contributed by atoms with E-state index in [1.165, 1.54) is 6.20 Å². The van der Waals surface area contributed by atoms with E-state index in [0.717, 1.165) is 16.8 Å². The van der Waals surface area contributed by atoms with Gasteiger partial charge in [0.1, 0.15) is 5.69 Å². The quantitative estimate of drug-likeness (QED) is 0.934. The molecule has 0 radical (unpaired) electrons. The van der Waals surface area contributed by atoms with Crippen LogP contribution in [0.2, 0.25) is 5.02 Å². The van der Waals surface area contributed by atoms with E-state index in [1.54, 1.807) is 4.68 Å². The number of rotatable bonds is 3. The van der Waals surface area contributed by atoms with Crippen molar-refractivity contribution in [3.05, 3.63) is 46.2 Å². The molecular weight excluding hydrogens is 262 g/mol. The fourth-order valence-electron chi connectivity index (χ4n) is 1.90. The fraction of sp³-hybridized carbons (Fsp3) is 0.286. The van der Waals surface area contributed by atoms with Crippen molar-refractivity contribution in [3.63, 3.8) is 0 Å². The normalized spacial score (nSPS) is 10.5. The van der Waals surface area contributed by atoms with E-state index < -0.39 is 0 Å². The van der Waals surface area contributed by atoms with Gasteiger partial charge in [-0.15, -0.1) is 0 Å². The Hall–Kier alpha value is -1.81. The van der Waals surface area contributed by atoms with Gasteiger partial charge in [0.2, 0.25) is 0 Å². The molecule has 5 heteroatoms. The number of nitrogens with one attached hydrogen (secondary N) is 1. The van der Waals surface area contributed by atoms with Crippen molar-refractivity contribution >= 4 is 23.2 Å². The number of benzene rings is 1. The Labute approximate surface area is 117 Å². The van der Waals surface area contributed by atoms with Gasteiger partial charge < -0.3 is 5.32 Å². The number of amides is 1. The highest BCUT2D eigenvalue weighted by Gasteiger charge is 2.17. The summed E-state index contributed by atoms with van der Waals surface area (Å²) in [5.74, 6) is -0.238. The van der Waals surface area contributed by atoms with E-state index in [0.29, 0.717) is 17.3 Å². The Morgan fingerprint density at radius 3 is 2.84 bits per heavy atom. The molecule has 4 nitrogen and oxygen atoms in total. The Kier molecular flexibility index (Phi) is 3.90. The molecule has 2 rings (SSSR count). The smallest absolute Gasteiger partial charge is 0.275 e. The maximum atomic E-state index is 12.3. The first kappa shape index (κ1) is 13.6. The van der Waals surface area contributed by atoms with Gasteiger partial charge in [-0.3, -0.25) is 9.48 Å². The zero-order valence-electron chi connectivity index (χ0n) is 11.2. The summed E-state index contributed by atoms with van der Waals surface area (Å²) >= 11 is 6.01. The number of halogens is 1. The van der Waals surface area contributed by atoms with Crippen LogP contribution >= 0.6 is 11.6 Å². The summed E-state index contributed by atoms with van der Waals surface area (Å²) < 4.78 is 1.59. The molecule has 0 atom stereocenters. The first-order chi connectivity index (χ1) is 9.04. The molecule has 0 aliphatic heterocycles. The molecule has 0 saturated carbocycles. The molecule has 0 aliphatic rings. The standard InChI is InChI=1S/C14H16ClN3O/c1-4-18-13(11(15)8-16-18)14(19)17-12-7-5-6-9(2)10(12)3/h5-8H,4H2,1-3H3,(H,17,19). The number of hydrogen-bond acceptors (Lipinski definition) is 2. The van der Waals surface area contributed by atoms with Gasteiger partial charge in [0, 0.05) is 12.2 Å². The number of hydrogen-bond donors (Lipinski definition) is 1. The number of carbonyl (C=O) groups excluding carboxylic acids is 1. The summed E-state index contributed by atoms with van der Waals surface area (Å²) in [6, 6.07) is 5.80. The lowest BCUT2D eigenvalue weighted by molar-refractivity contribution is 0.101. The summed E-state index contributed by atoms with van der Waals surface area (Å²) in [7, 11) is 0. The maximum Gasteiger partial charge on any atom is 0.275 e. The topological polar surface area (TPSA) is 46.9 Å². The van der Waals surface area contributed by atoms with Crippen molar-refractivity contribution in [3.8, 4) is 0 Å². The lowest BCUT2D eigenvalue weighted by Crippen LogP contribution is -2.18. The van der Waals surface area contributed by atoms with Gasteiger partial charge in [0.15, 0.2) is 0 Å². The van der Waals surface area contributed by atoms with Crippen LogP contribution in [0.5, 0.6) is 0 Å². The number of aromatic nitrogens is 2. The van der Waals surface area contributed by atoms with Crippen molar-refractivity contribution < 1.29 is 4.79 Å². The molecule has 0 fully saturated rings. The Bertz CT molecular complexity index is 619. The van der Waals surface area contributed by atoms with Crippen LogP contribution in [0, 0.1) is 13.8 Å². The van der Waals surface area contributed by atoms with Crippen LogP contribution < -0.4 is 5.32 Å². The van der Waals surface area contributed by atoms with Crippen molar-refractivity contribution in [2.75, 3.05) is 5.32 Å². The highest BCUT2D eigenvalue weighted by atomic mass is 35.5. The molecule has 19 heavy (non-hydrogen) atoms. The largest absolute Gasteiger partial charge is 0.320 e. The zero-order chi connectivity index (χ0) is 14.0. The SMILES string of the molecule is CCn1ncc(Cl)c1C(=O)Nc1cccc(C)c1C. The number of anilines is 1. The maximum absolute atomic E-state index is 12.3. The minimum atomic E-state index is -0.238. The summed E-state index contributed by atoms with van der Waals surface area (Å²) in [6.07, 6.45) is 1.49. The molecule has 0 unspecified atom stereocenters. The van der Waals surface area contributed by atoms with E-state index in [-0.39, 0.29) is 5.91 Å². The Morgan fingerprint density at radius 2 is 2.16 bits per heavy atom. The van der Waals surface area contributed by atoms with E-state index >= 15 is 0 Å². The number of nitrogens with zero attached hydrogens (tertiary/aromatic N) is 2. The summed E-state index contributed by atoms with van der Waals surface area (Å²) in [5, 5.41) is 7.31. The van der Waals surface area contributed by atoms with Crippen LogP contribution in [0.4, 0.5) is 5.69 Å². The molecule has 0 saturated heterocycles. The summed E-state index contributed by atoms with van der Waals surface area (Å²) in [5.41, 5.74) is 3.37. The molecule has 2 aromatic rings. The van der Waals surface area contributed by atoms with Gasteiger partial charge in [0.05, 0.1) is 11.2 Å². The van der Waals surface area contributed by atoms with E-state index in [2.05, 4.69) is 10.4 Å². The molecule has 0 bridgehead atoms. The Morgan fingerprint density at radius 1 is 1.42 bits per heavy atom. The average Bonchev–Trinajstić information content (AvgIpc) is 2.76. The van der Waals surface area contributed by atoms with Gasteiger partial charge in [0.25, 0.3) is 5.91 Å². The number of aryl methyl sites for hydroxylation is 2. The van der Waals surface area contributed by atoms with Crippen molar-refractivity contribution in [2.24, 2.45) is 0 Å². The van der Waals surface area contributed by atoms with Gasteiger partial charge in [-0.1, -0.05) is 23.7 Å². The summed E-state index contributed by atoms with van der Waals surface area (Å²) in [6.45, 7) is 6.50. The van der Waals surface area contributed by atoms with Gasteiger partial charge >= 0.3 is 0 Å². The lowest BCUT2D eigenvalue weighted by atomic mass is 10.1. The fourth-order valence-corrected chi connectivity index (χ4v) is 2.12. The molecular formula is C14H16ClN3O. The van der Waals surface area contributed by atoms with Crippen LogP contribution in [0.3, 0.4) is 0 Å². The van der Waals surface area contributed by atoms with Gasteiger partial charge in [-0.05, 0) is 38.0 Å².